The van der Waals surface area contributed by atoms with E-state index < -0.39 is 5.97 Å². The molecule has 0 saturated heterocycles. The molecule has 1 saturated carbocycles. The fourth-order valence-electron chi connectivity index (χ4n) is 2.37. The summed E-state index contributed by atoms with van der Waals surface area (Å²) in [5, 5.41) is 13.4. The summed E-state index contributed by atoms with van der Waals surface area (Å²) in [6.07, 6.45) is 3.37. The van der Waals surface area contributed by atoms with Crippen molar-refractivity contribution in [1.29, 1.82) is 0 Å². The Labute approximate surface area is 116 Å². The molecule has 0 aliphatic heterocycles. The van der Waals surface area contributed by atoms with Gasteiger partial charge in [0.25, 0.3) is 0 Å². The maximum absolute atomic E-state index is 11.0. The van der Waals surface area contributed by atoms with Crippen LogP contribution in [0.5, 0.6) is 0 Å². The van der Waals surface area contributed by atoms with E-state index in [1.165, 1.54) is 0 Å². The van der Waals surface area contributed by atoms with E-state index >= 15 is 0 Å². The molecule has 0 heterocycles. The lowest BCUT2D eigenvalue weighted by atomic mass is 9.85. The Hall–Kier alpha value is -0.930. The molecule has 18 heavy (non-hydrogen) atoms. The van der Waals surface area contributed by atoms with Crippen molar-refractivity contribution in [2.75, 3.05) is 5.32 Å². The van der Waals surface area contributed by atoms with Crippen molar-refractivity contribution in [3.63, 3.8) is 0 Å². The summed E-state index contributed by atoms with van der Waals surface area (Å²) in [4.78, 5) is 11.0. The van der Waals surface area contributed by atoms with Gasteiger partial charge in [0.05, 0.1) is 16.0 Å². The van der Waals surface area contributed by atoms with Gasteiger partial charge >= 0.3 is 5.97 Å². The number of carbonyl (C=O) groups is 1. The molecule has 0 amide bonds. The van der Waals surface area contributed by atoms with Gasteiger partial charge in [0, 0.05) is 11.7 Å². The summed E-state index contributed by atoms with van der Waals surface area (Å²) in [5.41, 5.74) is 0.889. The molecule has 98 valence electrons. The number of halogens is 2. The molecular formula is C13H15Cl2NO2. The number of aliphatic carboxylic acids is 1. The molecule has 2 rings (SSSR count). The Morgan fingerprint density at radius 2 is 2.06 bits per heavy atom. The highest BCUT2D eigenvalue weighted by Gasteiger charge is 2.26. The molecular weight excluding hydrogens is 273 g/mol. The van der Waals surface area contributed by atoms with Gasteiger partial charge in [-0.3, -0.25) is 4.79 Å². The van der Waals surface area contributed by atoms with E-state index in [0.29, 0.717) is 16.5 Å². The molecule has 1 aromatic carbocycles. The highest BCUT2D eigenvalue weighted by Crippen LogP contribution is 2.29. The molecule has 2 unspecified atom stereocenters. The summed E-state index contributed by atoms with van der Waals surface area (Å²) >= 11 is 11.8. The van der Waals surface area contributed by atoms with E-state index in [1.54, 1.807) is 12.1 Å². The zero-order valence-electron chi connectivity index (χ0n) is 9.83. The minimum Gasteiger partial charge on any atom is -0.481 e. The predicted molar refractivity (Wildman–Crippen MR) is 73.5 cm³/mol. The number of benzene rings is 1. The maximum Gasteiger partial charge on any atom is 0.306 e. The number of hydrogen-bond donors (Lipinski definition) is 2. The zero-order chi connectivity index (χ0) is 13.1. The van der Waals surface area contributed by atoms with E-state index in [0.717, 1.165) is 24.9 Å². The Kier molecular flexibility index (Phi) is 4.36. The molecule has 2 atom stereocenters. The smallest absolute Gasteiger partial charge is 0.306 e. The van der Waals surface area contributed by atoms with Crippen LogP contribution in [0.3, 0.4) is 0 Å². The third kappa shape index (κ3) is 3.30. The van der Waals surface area contributed by atoms with E-state index in [1.807, 2.05) is 6.07 Å². The quantitative estimate of drug-likeness (QED) is 0.882. The van der Waals surface area contributed by atoms with Crippen LogP contribution in [-0.2, 0) is 4.79 Å². The van der Waals surface area contributed by atoms with Gasteiger partial charge in [0.2, 0.25) is 0 Å². The molecule has 1 aliphatic rings. The number of rotatable bonds is 3. The number of carboxylic acids is 1. The number of anilines is 1. The van der Waals surface area contributed by atoms with Crippen LogP contribution in [0.4, 0.5) is 5.69 Å². The fourth-order valence-corrected chi connectivity index (χ4v) is 2.66. The van der Waals surface area contributed by atoms with Crippen molar-refractivity contribution in [2.24, 2.45) is 5.92 Å². The van der Waals surface area contributed by atoms with Crippen molar-refractivity contribution in [3.8, 4) is 0 Å². The van der Waals surface area contributed by atoms with Crippen molar-refractivity contribution < 1.29 is 9.90 Å². The van der Waals surface area contributed by atoms with Gasteiger partial charge in [-0.15, -0.1) is 0 Å². The first-order chi connectivity index (χ1) is 8.56. The Bertz CT molecular complexity index is 451. The van der Waals surface area contributed by atoms with Crippen molar-refractivity contribution in [1.82, 2.24) is 0 Å². The van der Waals surface area contributed by atoms with Crippen LogP contribution in [0, 0.1) is 5.92 Å². The van der Waals surface area contributed by atoms with E-state index in [4.69, 9.17) is 28.3 Å². The third-order valence-electron chi connectivity index (χ3n) is 3.31. The van der Waals surface area contributed by atoms with Crippen LogP contribution in [0.25, 0.3) is 0 Å². The summed E-state index contributed by atoms with van der Waals surface area (Å²) in [5.74, 6) is -0.935. The Balaban J connectivity index is 2.00. The molecule has 5 heteroatoms. The van der Waals surface area contributed by atoms with Gasteiger partial charge in [-0.2, -0.15) is 0 Å². The largest absolute Gasteiger partial charge is 0.481 e. The maximum atomic E-state index is 11.0. The van der Waals surface area contributed by atoms with Crippen LogP contribution >= 0.6 is 23.2 Å². The van der Waals surface area contributed by atoms with E-state index in [9.17, 15) is 4.79 Å². The van der Waals surface area contributed by atoms with Crippen LogP contribution in [0.2, 0.25) is 10.0 Å². The fraction of sp³-hybridized carbons (Fsp3) is 0.462. The average molecular weight is 288 g/mol. The summed E-state index contributed by atoms with van der Waals surface area (Å²) in [6, 6.07) is 5.56. The molecule has 3 nitrogen and oxygen atoms in total. The number of hydrogen-bond acceptors (Lipinski definition) is 2. The lowest BCUT2D eigenvalue weighted by Gasteiger charge is -2.28. The minimum absolute atomic E-state index is 0.192. The lowest BCUT2D eigenvalue weighted by molar-refractivity contribution is -0.142. The zero-order valence-corrected chi connectivity index (χ0v) is 11.3. The second kappa shape index (κ2) is 5.81. The average Bonchev–Trinajstić information content (AvgIpc) is 2.34. The molecule has 0 aromatic heterocycles. The Morgan fingerprint density at radius 3 is 2.72 bits per heavy atom. The van der Waals surface area contributed by atoms with E-state index in [2.05, 4.69) is 5.32 Å². The summed E-state index contributed by atoms with van der Waals surface area (Å²) < 4.78 is 0. The second-order valence-electron chi connectivity index (χ2n) is 4.67. The summed E-state index contributed by atoms with van der Waals surface area (Å²) in [6.45, 7) is 0. The molecule has 0 spiro atoms. The first-order valence-corrected chi connectivity index (χ1v) is 6.76. The standard InChI is InChI=1S/C13H15Cl2NO2/c14-11-5-4-10(7-12(11)15)16-9-3-1-2-8(6-9)13(17)18/h4-5,7-9,16H,1-3,6H2,(H,17,18). The van der Waals surface area contributed by atoms with Gasteiger partial charge in [-0.1, -0.05) is 29.6 Å². The van der Waals surface area contributed by atoms with Gasteiger partial charge in [0.1, 0.15) is 0 Å². The summed E-state index contributed by atoms with van der Waals surface area (Å²) in [7, 11) is 0. The molecule has 1 aromatic rings. The highest BCUT2D eigenvalue weighted by molar-refractivity contribution is 6.42. The predicted octanol–water partition coefficient (Wildman–Crippen LogP) is 4.05. The normalized spacial score (nSPS) is 23.7. The first-order valence-electron chi connectivity index (χ1n) is 6.00. The minimum atomic E-state index is -0.698. The lowest BCUT2D eigenvalue weighted by Crippen LogP contribution is -2.30. The number of carboxylic acid groups (broad SMARTS) is 1. The van der Waals surface area contributed by atoms with Gasteiger partial charge in [0.15, 0.2) is 0 Å². The Morgan fingerprint density at radius 1 is 1.28 bits per heavy atom. The first kappa shape index (κ1) is 13.5. The molecule has 0 radical (unpaired) electrons. The highest BCUT2D eigenvalue weighted by atomic mass is 35.5. The molecule has 1 fully saturated rings. The van der Waals surface area contributed by atoms with Gasteiger partial charge in [-0.25, -0.2) is 0 Å². The van der Waals surface area contributed by atoms with Gasteiger partial charge in [-0.05, 0) is 37.5 Å². The molecule has 2 N–H and O–H groups in total. The second-order valence-corrected chi connectivity index (χ2v) is 5.49. The van der Waals surface area contributed by atoms with Crippen molar-refractivity contribution in [3.05, 3.63) is 28.2 Å². The molecule has 1 aliphatic carbocycles. The third-order valence-corrected chi connectivity index (χ3v) is 4.05. The van der Waals surface area contributed by atoms with Crippen LogP contribution in [-0.4, -0.2) is 17.1 Å². The SMILES string of the molecule is O=C(O)C1CCCC(Nc2ccc(Cl)c(Cl)c2)C1. The number of nitrogens with one attached hydrogen (secondary N) is 1. The van der Waals surface area contributed by atoms with Gasteiger partial charge < -0.3 is 10.4 Å². The van der Waals surface area contributed by atoms with Crippen LogP contribution < -0.4 is 5.32 Å². The van der Waals surface area contributed by atoms with E-state index in [-0.39, 0.29) is 12.0 Å². The van der Waals surface area contributed by atoms with Crippen molar-refractivity contribution >= 4 is 34.9 Å². The van der Waals surface area contributed by atoms with Crippen molar-refractivity contribution in [2.45, 2.75) is 31.7 Å². The molecule has 0 bridgehead atoms. The van der Waals surface area contributed by atoms with Crippen LogP contribution in [0.15, 0.2) is 18.2 Å². The topological polar surface area (TPSA) is 49.3 Å². The monoisotopic (exact) mass is 287 g/mol. The van der Waals surface area contributed by atoms with Crippen LogP contribution in [0.1, 0.15) is 25.7 Å².